The number of amides is 1. The monoisotopic (exact) mass is 246 g/mol. The van der Waals surface area contributed by atoms with Crippen molar-refractivity contribution in [2.45, 2.75) is 32.6 Å². The number of carbonyl (C=O) groups excluding carboxylic acids is 1. The van der Waals surface area contributed by atoms with Gasteiger partial charge in [-0.2, -0.15) is 5.10 Å². The zero-order valence-electron chi connectivity index (χ0n) is 10.6. The normalized spacial score (nSPS) is 30.2. The van der Waals surface area contributed by atoms with Gasteiger partial charge in [0.2, 0.25) is 0 Å². The summed E-state index contributed by atoms with van der Waals surface area (Å²) in [6.45, 7) is 1.77. The molecule has 2 bridgehead atoms. The van der Waals surface area contributed by atoms with Crippen LogP contribution in [0.15, 0.2) is 21.8 Å². The number of hydrogen-bond donors (Lipinski definition) is 1. The van der Waals surface area contributed by atoms with Crippen molar-refractivity contribution in [2.75, 3.05) is 0 Å². The van der Waals surface area contributed by atoms with E-state index in [4.69, 9.17) is 4.42 Å². The standard InChI is InChI=1S/C14H18N2O2/c1-9-13(4-5-18-9)14(17)16-15-8-12-7-10-2-3-11(12)6-10/h4-5,8,10-12H,2-3,6-7H2,1H3,(H,16,17). The molecule has 0 aromatic carbocycles. The van der Waals surface area contributed by atoms with Crippen LogP contribution < -0.4 is 5.43 Å². The van der Waals surface area contributed by atoms with Gasteiger partial charge in [-0.3, -0.25) is 4.79 Å². The zero-order valence-corrected chi connectivity index (χ0v) is 10.6. The van der Waals surface area contributed by atoms with Crippen LogP contribution in [-0.2, 0) is 0 Å². The molecule has 0 saturated heterocycles. The van der Waals surface area contributed by atoms with Gasteiger partial charge in [-0.15, -0.1) is 0 Å². The number of furan rings is 1. The fourth-order valence-corrected chi connectivity index (χ4v) is 3.35. The van der Waals surface area contributed by atoms with E-state index in [-0.39, 0.29) is 5.91 Å². The second-order valence-electron chi connectivity index (χ2n) is 5.45. The fourth-order valence-electron chi connectivity index (χ4n) is 3.35. The van der Waals surface area contributed by atoms with Crippen LogP contribution in [0, 0.1) is 24.7 Å². The largest absolute Gasteiger partial charge is 0.469 e. The molecule has 2 aliphatic rings. The number of rotatable bonds is 3. The summed E-state index contributed by atoms with van der Waals surface area (Å²) < 4.78 is 5.09. The Kier molecular flexibility index (Phi) is 2.94. The highest BCUT2D eigenvalue weighted by molar-refractivity contribution is 5.95. The minimum atomic E-state index is -0.194. The Morgan fingerprint density at radius 2 is 2.39 bits per heavy atom. The van der Waals surface area contributed by atoms with Gasteiger partial charge in [0.05, 0.1) is 11.8 Å². The van der Waals surface area contributed by atoms with Gasteiger partial charge >= 0.3 is 0 Å². The molecule has 0 aliphatic heterocycles. The van der Waals surface area contributed by atoms with Gasteiger partial charge in [0.1, 0.15) is 5.76 Å². The smallest absolute Gasteiger partial charge is 0.274 e. The second kappa shape index (κ2) is 4.59. The van der Waals surface area contributed by atoms with E-state index in [1.807, 2.05) is 6.21 Å². The number of nitrogens with zero attached hydrogens (tertiary/aromatic N) is 1. The van der Waals surface area contributed by atoms with Crippen molar-refractivity contribution in [3.63, 3.8) is 0 Å². The summed E-state index contributed by atoms with van der Waals surface area (Å²) in [4.78, 5) is 11.8. The Labute approximate surface area is 106 Å². The maximum Gasteiger partial charge on any atom is 0.274 e. The Balaban J connectivity index is 1.55. The quantitative estimate of drug-likeness (QED) is 0.658. The van der Waals surface area contributed by atoms with Crippen molar-refractivity contribution in [3.8, 4) is 0 Å². The summed E-state index contributed by atoms with van der Waals surface area (Å²) in [6.07, 6.45) is 8.76. The second-order valence-corrected chi connectivity index (χ2v) is 5.45. The molecule has 96 valence electrons. The molecule has 18 heavy (non-hydrogen) atoms. The fraction of sp³-hybridized carbons (Fsp3) is 0.571. The first kappa shape index (κ1) is 11.5. The van der Waals surface area contributed by atoms with E-state index in [9.17, 15) is 4.79 Å². The number of fused-ring (bicyclic) bond motifs is 2. The van der Waals surface area contributed by atoms with E-state index in [0.29, 0.717) is 17.2 Å². The van der Waals surface area contributed by atoms with Crippen LogP contribution in [0.2, 0.25) is 0 Å². The minimum Gasteiger partial charge on any atom is -0.469 e. The number of hydrazone groups is 1. The summed E-state index contributed by atoms with van der Waals surface area (Å²) in [5.41, 5.74) is 3.14. The van der Waals surface area contributed by atoms with Crippen molar-refractivity contribution in [1.82, 2.24) is 5.43 Å². The lowest BCUT2D eigenvalue weighted by molar-refractivity contribution is 0.0953. The van der Waals surface area contributed by atoms with E-state index < -0.39 is 0 Å². The minimum absolute atomic E-state index is 0.194. The van der Waals surface area contributed by atoms with Gasteiger partial charge in [-0.25, -0.2) is 5.43 Å². The van der Waals surface area contributed by atoms with Crippen molar-refractivity contribution in [3.05, 3.63) is 23.7 Å². The number of hydrogen-bond acceptors (Lipinski definition) is 3. The van der Waals surface area contributed by atoms with Gasteiger partial charge < -0.3 is 4.42 Å². The maximum absolute atomic E-state index is 11.8. The van der Waals surface area contributed by atoms with Gasteiger partial charge in [0.15, 0.2) is 0 Å². The molecule has 3 rings (SSSR count). The molecule has 4 nitrogen and oxygen atoms in total. The zero-order chi connectivity index (χ0) is 12.5. The van der Waals surface area contributed by atoms with E-state index in [2.05, 4.69) is 10.5 Å². The third-order valence-electron chi connectivity index (χ3n) is 4.33. The van der Waals surface area contributed by atoms with Crippen molar-refractivity contribution >= 4 is 12.1 Å². The van der Waals surface area contributed by atoms with Crippen LogP contribution in [0.4, 0.5) is 0 Å². The third-order valence-corrected chi connectivity index (χ3v) is 4.33. The predicted molar refractivity (Wildman–Crippen MR) is 68.3 cm³/mol. The summed E-state index contributed by atoms with van der Waals surface area (Å²) in [7, 11) is 0. The van der Waals surface area contributed by atoms with Crippen LogP contribution in [0.25, 0.3) is 0 Å². The Hall–Kier alpha value is -1.58. The molecule has 1 aromatic heterocycles. The highest BCUT2D eigenvalue weighted by atomic mass is 16.3. The molecule has 0 radical (unpaired) electrons. The number of aryl methyl sites for hydroxylation is 1. The molecule has 4 heteroatoms. The molecule has 3 atom stereocenters. The van der Waals surface area contributed by atoms with Crippen LogP contribution in [0.3, 0.4) is 0 Å². The molecular weight excluding hydrogens is 228 g/mol. The molecule has 2 fully saturated rings. The molecule has 2 saturated carbocycles. The molecule has 1 amide bonds. The average molecular weight is 246 g/mol. The molecule has 1 N–H and O–H groups in total. The summed E-state index contributed by atoms with van der Waals surface area (Å²) in [5, 5.41) is 4.10. The van der Waals surface area contributed by atoms with Crippen molar-refractivity contribution in [1.29, 1.82) is 0 Å². The Bertz CT molecular complexity index is 478. The molecule has 2 aliphatic carbocycles. The van der Waals surface area contributed by atoms with Gasteiger partial charge in [-0.05, 0) is 50.0 Å². The lowest BCUT2D eigenvalue weighted by Crippen LogP contribution is -2.20. The third kappa shape index (κ3) is 2.07. The molecule has 0 spiro atoms. The van der Waals surface area contributed by atoms with Crippen LogP contribution in [0.1, 0.15) is 41.8 Å². The molecule has 3 unspecified atom stereocenters. The number of carbonyl (C=O) groups is 1. The van der Waals surface area contributed by atoms with Crippen molar-refractivity contribution < 1.29 is 9.21 Å². The van der Waals surface area contributed by atoms with Crippen LogP contribution in [0.5, 0.6) is 0 Å². The first-order chi connectivity index (χ1) is 8.74. The van der Waals surface area contributed by atoms with Crippen molar-refractivity contribution in [2.24, 2.45) is 22.9 Å². The first-order valence-electron chi connectivity index (χ1n) is 6.61. The lowest BCUT2D eigenvalue weighted by atomic mass is 9.90. The molecular formula is C14H18N2O2. The SMILES string of the molecule is Cc1occc1C(=O)NN=CC1CC2CCC1C2. The molecule has 1 heterocycles. The summed E-state index contributed by atoms with van der Waals surface area (Å²) in [5.74, 6) is 2.70. The van der Waals surface area contributed by atoms with Crippen LogP contribution >= 0.6 is 0 Å². The Morgan fingerprint density at radius 1 is 1.50 bits per heavy atom. The van der Waals surface area contributed by atoms with Gasteiger partial charge in [0, 0.05) is 6.21 Å². The van der Waals surface area contributed by atoms with E-state index in [1.165, 1.54) is 31.9 Å². The van der Waals surface area contributed by atoms with Gasteiger partial charge in [-0.1, -0.05) is 6.42 Å². The Morgan fingerprint density at radius 3 is 3.00 bits per heavy atom. The summed E-state index contributed by atoms with van der Waals surface area (Å²) >= 11 is 0. The first-order valence-corrected chi connectivity index (χ1v) is 6.61. The summed E-state index contributed by atoms with van der Waals surface area (Å²) in [6, 6.07) is 1.66. The van der Waals surface area contributed by atoms with E-state index in [0.717, 1.165) is 11.8 Å². The van der Waals surface area contributed by atoms with E-state index in [1.54, 1.807) is 13.0 Å². The lowest BCUT2D eigenvalue weighted by Gasteiger charge is -2.16. The van der Waals surface area contributed by atoms with Crippen LogP contribution in [-0.4, -0.2) is 12.1 Å². The highest BCUT2D eigenvalue weighted by Crippen LogP contribution is 2.47. The molecule has 1 aromatic rings. The highest BCUT2D eigenvalue weighted by Gasteiger charge is 2.38. The van der Waals surface area contributed by atoms with Gasteiger partial charge in [0.25, 0.3) is 5.91 Å². The average Bonchev–Trinajstić information content (AvgIpc) is 3.04. The predicted octanol–water partition coefficient (Wildman–Crippen LogP) is 2.74. The topological polar surface area (TPSA) is 54.6 Å². The van der Waals surface area contributed by atoms with E-state index >= 15 is 0 Å². The number of nitrogens with one attached hydrogen (secondary N) is 1. The maximum atomic E-state index is 11.8.